The van der Waals surface area contributed by atoms with Crippen LogP contribution in [-0.2, 0) is 10.9 Å². The second-order valence-electron chi connectivity index (χ2n) is 5.23. The van der Waals surface area contributed by atoms with Crippen LogP contribution in [0, 0.1) is 0 Å². The lowest BCUT2D eigenvalue weighted by Crippen LogP contribution is -2.24. The van der Waals surface area contributed by atoms with E-state index >= 15 is 0 Å². The van der Waals surface area contributed by atoms with E-state index in [1.807, 2.05) is 13.8 Å². The molecule has 2 nitrogen and oxygen atoms in total. The van der Waals surface area contributed by atoms with Gasteiger partial charge in [-0.15, -0.1) is 0 Å². The predicted octanol–water partition coefficient (Wildman–Crippen LogP) is 3.91. The van der Waals surface area contributed by atoms with Crippen molar-refractivity contribution in [1.29, 1.82) is 0 Å². The quantitative estimate of drug-likeness (QED) is 0.884. The summed E-state index contributed by atoms with van der Waals surface area (Å²) in [6, 6.07) is 4.73. The second kappa shape index (κ2) is 5.92. The third-order valence-corrected chi connectivity index (χ3v) is 3.28. The maximum atomic E-state index is 12.4. The normalized spacial score (nSPS) is 14.5. The van der Waals surface area contributed by atoms with Gasteiger partial charge < -0.3 is 10.5 Å². The number of nitrogens with two attached hydrogens (primary N) is 1. The first-order valence-corrected chi connectivity index (χ1v) is 6.13. The first-order valence-electron chi connectivity index (χ1n) is 6.13. The fraction of sp³-hybridized carbons (Fsp3) is 0.571. The van der Waals surface area contributed by atoms with E-state index in [4.69, 9.17) is 10.5 Å². The van der Waals surface area contributed by atoms with Crippen molar-refractivity contribution in [2.24, 2.45) is 5.73 Å². The van der Waals surface area contributed by atoms with Crippen molar-refractivity contribution >= 4 is 0 Å². The lowest BCUT2D eigenvalue weighted by molar-refractivity contribution is -0.137. The highest BCUT2D eigenvalue weighted by molar-refractivity contribution is 5.26. The fourth-order valence-electron chi connectivity index (χ4n) is 1.69. The zero-order valence-electron chi connectivity index (χ0n) is 11.4. The van der Waals surface area contributed by atoms with Gasteiger partial charge in [-0.1, -0.05) is 12.1 Å². The van der Waals surface area contributed by atoms with Crippen LogP contribution in [0.4, 0.5) is 13.2 Å². The Hall–Kier alpha value is -1.07. The zero-order chi connectivity index (χ0) is 14.7. The Morgan fingerprint density at radius 3 is 2.11 bits per heavy atom. The lowest BCUT2D eigenvalue weighted by atomic mass is 9.95. The number of hydrogen-bond acceptors (Lipinski definition) is 2. The van der Waals surface area contributed by atoms with Crippen LogP contribution in [-0.4, -0.2) is 12.7 Å². The molecule has 0 saturated heterocycles. The highest BCUT2D eigenvalue weighted by Crippen LogP contribution is 2.30. The van der Waals surface area contributed by atoms with E-state index < -0.39 is 11.7 Å². The van der Waals surface area contributed by atoms with Gasteiger partial charge in [0.2, 0.25) is 0 Å². The van der Waals surface area contributed by atoms with E-state index in [-0.39, 0.29) is 11.6 Å². The molecular weight excluding hydrogens is 255 g/mol. The molecule has 1 aromatic carbocycles. The van der Waals surface area contributed by atoms with Crippen molar-refractivity contribution in [3.8, 4) is 0 Å². The Morgan fingerprint density at radius 2 is 1.68 bits per heavy atom. The van der Waals surface area contributed by atoms with Crippen molar-refractivity contribution in [2.45, 2.75) is 44.5 Å². The van der Waals surface area contributed by atoms with Crippen molar-refractivity contribution in [3.63, 3.8) is 0 Å². The summed E-state index contributed by atoms with van der Waals surface area (Å²) in [5, 5.41) is 0. The smallest absolute Gasteiger partial charge is 0.379 e. The molecule has 0 aliphatic rings. The minimum atomic E-state index is -4.30. The number of hydrogen-bond donors (Lipinski definition) is 1. The molecule has 1 rings (SSSR count). The predicted molar refractivity (Wildman–Crippen MR) is 68.7 cm³/mol. The van der Waals surface area contributed by atoms with Crippen molar-refractivity contribution in [3.05, 3.63) is 35.4 Å². The van der Waals surface area contributed by atoms with Crippen molar-refractivity contribution in [1.82, 2.24) is 0 Å². The van der Waals surface area contributed by atoms with Crippen LogP contribution in [0.25, 0.3) is 0 Å². The number of methoxy groups -OCH3 is 1. The molecule has 1 unspecified atom stereocenters. The first-order chi connectivity index (χ1) is 8.65. The summed E-state index contributed by atoms with van der Waals surface area (Å²) in [4.78, 5) is 0. The van der Waals surface area contributed by atoms with Gasteiger partial charge in [-0.05, 0) is 44.4 Å². The topological polar surface area (TPSA) is 35.2 Å². The molecule has 0 aliphatic heterocycles. The highest BCUT2D eigenvalue weighted by Gasteiger charge is 2.30. The summed E-state index contributed by atoms with van der Waals surface area (Å²) in [6.07, 6.45) is -2.90. The second-order valence-corrected chi connectivity index (χ2v) is 5.23. The van der Waals surface area contributed by atoms with Crippen molar-refractivity contribution in [2.75, 3.05) is 7.11 Å². The van der Waals surface area contributed by atoms with Gasteiger partial charge in [0.25, 0.3) is 0 Å². The van der Waals surface area contributed by atoms with Crippen LogP contribution >= 0.6 is 0 Å². The molecule has 0 saturated carbocycles. The average Bonchev–Trinajstić information content (AvgIpc) is 2.35. The minimum absolute atomic E-state index is 0.274. The molecule has 2 N–H and O–H groups in total. The number of ether oxygens (including phenoxy) is 1. The largest absolute Gasteiger partial charge is 0.416 e. The summed E-state index contributed by atoms with van der Waals surface area (Å²) >= 11 is 0. The third kappa shape index (κ3) is 4.84. The first kappa shape index (κ1) is 16.0. The van der Waals surface area contributed by atoms with Crippen LogP contribution in [0.5, 0.6) is 0 Å². The van der Waals surface area contributed by atoms with E-state index in [2.05, 4.69) is 0 Å². The fourth-order valence-corrected chi connectivity index (χ4v) is 1.69. The molecule has 0 bridgehead atoms. The molecule has 1 aromatic rings. The van der Waals surface area contributed by atoms with Crippen LogP contribution < -0.4 is 5.73 Å². The molecule has 0 fully saturated rings. The molecule has 0 aromatic heterocycles. The van der Waals surface area contributed by atoms with Crippen LogP contribution in [0.2, 0.25) is 0 Å². The minimum Gasteiger partial charge on any atom is -0.379 e. The number of halogens is 3. The molecule has 0 aliphatic carbocycles. The number of alkyl halides is 3. The van der Waals surface area contributed by atoms with E-state index in [9.17, 15) is 13.2 Å². The number of rotatable bonds is 5. The molecule has 108 valence electrons. The van der Waals surface area contributed by atoms with E-state index in [0.29, 0.717) is 12.0 Å². The Morgan fingerprint density at radius 1 is 1.16 bits per heavy atom. The monoisotopic (exact) mass is 275 g/mol. The van der Waals surface area contributed by atoms with E-state index in [0.717, 1.165) is 18.6 Å². The highest BCUT2D eigenvalue weighted by atomic mass is 19.4. The summed E-state index contributed by atoms with van der Waals surface area (Å²) in [5.74, 6) is 0. The van der Waals surface area contributed by atoms with Gasteiger partial charge in [0.1, 0.15) is 0 Å². The van der Waals surface area contributed by atoms with Gasteiger partial charge >= 0.3 is 6.18 Å². The van der Waals surface area contributed by atoms with E-state index in [1.54, 1.807) is 7.11 Å². The molecule has 1 atom stereocenters. The molecule has 19 heavy (non-hydrogen) atoms. The molecule has 0 amide bonds. The standard InChI is InChI=1S/C14H20F3NO/c1-13(2,19-3)9-8-12(18)10-4-6-11(7-5-10)14(15,16)17/h4-7,12H,8-9,18H2,1-3H3. The van der Waals surface area contributed by atoms with E-state index in [1.165, 1.54) is 12.1 Å². The SMILES string of the molecule is COC(C)(C)CCC(N)c1ccc(C(F)(F)F)cc1. The summed E-state index contributed by atoms with van der Waals surface area (Å²) in [6.45, 7) is 3.90. The summed E-state index contributed by atoms with van der Waals surface area (Å²) in [7, 11) is 1.63. The molecule has 0 heterocycles. The van der Waals surface area contributed by atoms with Crippen LogP contribution in [0.15, 0.2) is 24.3 Å². The van der Waals surface area contributed by atoms with Gasteiger partial charge in [-0.2, -0.15) is 13.2 Å². The Balaban J connectivity index is 2.66. The van der Waals surface area contributed by atoms with Crippen LogP contribution in [0.1, 0.15) is 43.9 Å². The maximum Gasteiger partial charge on any atom is 0.416 e. The molecule has 0 spiro atoms. The lowest BCUT2D eigenvalue weighted by Gasteiger charge is -2.24. The molecule has 5 heteroatoms. The summed E-state index contributed by atoms with van der Waals surface area (Å²) < 4.78 is 42.6. The maximum absolute atomic E-state index is 12.4. The molecular formula is C14H20F3NO. The third-order valence-electron chi connectivity index (χ3n) is 3.28. The Labute approximate surface area is 111 Å². The average molecular weight is 275 g/mol. The van der Waals surface area contributed by atoms with Gasteiger partial charge in [0.05, 0.1) is 11.2 Å². The zero-order valence-corrected chi connectivity index (χ0v) is 11.4. The Bertz CT molecular complexity index is 398. The van der Waals surface area contributed by atoms with Gasteiger partial charge in [-0.3, -0.25) is 0 Å². The molecule has 0 radical (unpaired) electrons. The van der Waals surface area contributed by atoms with Gasteiger partial charge in [0.15, 0.2) is 0 Å². The van der Waals surface area contributed by atoms with Gasteiger partial charge in [-0.25, -0.2) is 0 Å². The Kier molecular flexibility index (Phi) is 4.98. The van der Waals surface area contributed by atoms with Gasteiger partial charge in [0, 0.05) is 13.2 Å². The van der Waals surface area contributed by atoms with Crippen LogP contribution in [0.3, 0.4) is 0 Å². The van der Waals surface area contributed by atoms with Crippen molar-refractivity contribution < 1.29 is 17.9 Å². The summed E-state index contributed by atoms with van der Waals surface area (Å²) in [5.41, 5.74) is 5.76. The number of benzene rings is 1.